The summed E-state index contributed by atoms with van der Waals surface area (Å²) in [6.07, 6.45) is -1.57. The zero-order valence-electron chi connectivity index (χ0n) is 10.9. The Morgan fingerprint density at radius 2 is 1.90 bits per heavy atom. The van der Waals surface area contributed by atoms with Gasteiger partial charge in [0, 0.05) is 11.0 Å². The third-order valence-corrected chi connectivity index (χ3v) is 3.56. The van der Waals surface area contributed by atoms with E-state index in [1.54, 1.807) is 0 Å². The van der Waals surface area contributed by atoms with Crippen molar-refractivity contribution in [2.24, 2.45) is 0 Å². The first-order valence-corrected chi connectivity index (χ1v) is 6.99. The van der Waals surface area contributed by atoms with Crippen LogP contribution in [0.5, 0.6) is 0 Å². The molecular weight excluding hydrogens is 299 g/mol. The number of alkyl halides is 3. The van der Waals surface area contributed by atoms with Crippen LogP contribution in [0.25, 0.3) is 6.08 Å². The Morgan fingerprint density at radius 3 is 2.48 bits per heavy atom. The van der Waals surface area contributed by atoms with Gasteiger partial charge < -0.3 is 5.32 Å². The van der Waals surface area contributed by atoms with Gasteiger partial charge in [0.05, 0.1) is 12.1 Å². The molecule has 1 N–H and O–H groups in total. The fourth-order valence-electron chi connectivity index (χ4n) is 1.60. The predicted octanol–water partition coefficient (Wildman–Crippen LogP) is 4.10. The summed E-state index contributed by atoms with van der Waals surface area (Å²) in [7, 11) is 0. The summed E-state index contributed by atoms with van der Waals surface area (Å²) in [5.41, 5.74) is -0.170. The van der Waals surface area contributed by atoms with Gasteiger partial charge in [0.1, 0.15) is 0 Å². The van der Waals surface area contributed by atoms with Crippen molar-refractivity contribution in [2.45, 2.75) is 12.7 Å². The van der Waals surface area contributed by atoms with E-state index in [9.17, 15) is 18.0 Å². The third kappa shape index (κ3) is 4.75. The number of carbonyl (C=O) groups excluding carboxylic acids is 1. The van der Waals surface area contributed by atoms with E-state index in [-0.39, 0.29) is 5.91 Å². The molecule has 2 aromatic rings. The molecule has 2 rings (SSSR count). The van der Waals surface area contributed by atoms with Gasteiger partial charge in [-0.3, -0.25) is 4.79 Å². The minimum Gasteiger partial charge on any atom is -0.348 e. The lowest BCUT2D eigenvalue weighted by molar-refractivity contribution is -0.137. The Balaban J connectivity index is 1.90. The van der Waals surface area contributed by atoms with Gasteiger partial charge in [-0.1, -0.05) is 18.2 Å². The average molecular weight is 311 g/mol. The number of thiophene rings is 1. The van der Waals surface area contributed by atoms with Crippen molar-refractivity contribution in [1.82, 2.24) is 5.32 Å². The number of hydrogen-bond donors (Lipinski definition) is 1. The fourth-order valence-corrected chi connectivity index (χ4v) is 2.25. The van der Waals surface area contributed by atoms with Crippen LogP contribution in [-0.4, -0.2) is 5.91 Å². The number of nitrogens with one attached hydrogen (secondary N) is 1. The van der Waals surface area contributed by atoms with E-state index in [2.05, 4.69) is 5.32 Å². The number of rotatable bonds is 4. The third-order valence-electron chi connectivity index (χ3n) is 2.68. The number of benzene rings is 1. The van der Waals surface area contributed by atoms with Crippen molar-refractivity contribution in [3.05, 3.63) is 63.9 Å². The van der Waals surface area contributed by atoms with E-state index in [4.69, 9.17) is 0 Å². The van der Waals surface area contributed by atoms with Gasteiger partial charge in [0.2, 0.25) is 5.91 Å². The molecule has 2 nitrogen and oxygen atoms in total. The van der Waals surface area contributed by atoms with Crippen LogP contribution >= 0.6 is 11.3 Å². The zero-order chi connectivity index (χ0) is 15.3. The molecule has 1 amide bonds. The molecule has 0 unspecified atom stereocenters. The largest absolute Gasteiger partial charge is 0.416 e. The monoisotopic (exact) mass is 311 g/mol. The van der Waals surface area contributed by atoms with E-state index in [1.165, 1.54) is 35.6 Å². The highest BCUT2D eigenvalue weighted by Gasteiger charge is 2.29. The molecule has 0 aliphatic heterocycles. The van der Waals surface area contributed by atoms with Crippen LogP contribution in [0.15, 0.2) is 47.9 Å². The molecule has 1 aromatic carbocycles. The van der Waals surface area contributed by atoms with Crippen LogP contribution in [-0.2, 0) is 17.5 Å². The van der Waals surface area contributed by atoms with Crippen molar-refractivity contribution in [1.29, 1.82) is 0 Å². The van der Waals surface area contributed by atoms with E-state index in [0.29, 0.717) is 12.1 Å². The van der Waals surface area contributed by atoms with Gasteiger partial charge in [-0.15, -0.1) is 11.3 Å². The van der Waals surface area contributed by atoms with Gasteiger partial charge >= 0.3 is 6.18 Å². The smallest absolute Gasteiger partial charge is 0.348 e. The van der Waals surface area contributed by atoms with E-state index in [0.717, 1.165) is 17.0 Å². The number of amides is 1. The number of halogens is 3. The summed E-state index contributed by atoms with van der Waals surface area (Å²) < 4.78 is 37.2. The quantitative estimate of drug-likeness (QED) is 0.846. The first-order valence-electron chi connectivity index (χ1n) is 6.11. The summed E-state index contributed by atoms with van der Waals surface area (Å²) in [5, 5.41) is 4.61. The fraction of sp³-hybridized carbons (Fsp3) is 0.133. The Bertz CT molecular complexity index is 615. The maximum absolute atomic E-state index is 12.4. The van der Waals surface area contributed by atoms with Crippen LogP contribution in [0, 0.1) is 0 Å². The minimum absolute atomic E-state index is 0.289. The second-order valence-electron chi connectivity index (χ2n) is 4.25. The lowest BCUT2D eigenvalue weighted by Crippen LogP contribution is -2.19. The lowest BCUT2D eigenvalue weighted by atomic mass is 10.1. The van der Waals surface area contributed by atoms with E-state index >= 15 is 0 Å². The lowest BCUT2D eigenvalue weighted by Gasteiger charge is -2.05. The highest BCUT2D eigenvalue weighted by atomic mass is 32.1. The Morgan fingerprint density at radius 1 is 1.19 bits per heavy atom. The highest BCUT2D eigenvalue weighted by Crippen LogP contribution is 2.29. The molecule has 0 saturated heterocycles. The van der Waals surface area contributed by atoms with Gasteiger partial charge in [-0.2, -0.15) is 13.2 Å². The molecule has 0 aliphatic carbocycles. The summed E-state index contributed by atoms with van der Waals surface area (Å²) >= 11 is 1.54. The first-order chi connectivity index (χ1) is 9.95. The van der Waals surface area contributed by atoms with Crippen LogP contribution in [0.1, 0.15) is 16.0 Å². The number of carbonyl (C=O) groups is 1. The van der Waals surface area contributed by atoms with Gasteiger partial charge in [-0.25, -0.2) is 0 Å². The molecule has 1 aromatic heterocycles. The molecule has 0 fully saturated rings. The molecule has 0 saturated carbocycles. The number of hydrogen-bond acceptors (Lipinski definition) is 2. The zero-order valence-corrected chi connectivity index (χ0v) is 11.7. The Labute approximate surface area is 123 Å². The van der Waals surface area contributed by atoms with Gasteiger partial charge in [0.15, 0.2) is 0 Å². The van der Waals surface area contributed by atoms with E-state index in [1.807, 2.05) is 17.5 Å². The summed E-state index contributed by atoms with van der Waals surface area (Å²) in [6.45, 7) is 0.438. The highest BCUT2D eigenvalue weighted by molar-refractivity contribution is 7.09. The van der Waals surface area contributed by atoms with Crippen molar-refractivity contribution in [3.8, 4) is 0 Å². The molecule has 0 atom stereocenters. The second-order valence-corrected chi connectivity index (χ2v) is 5.28. The first kappa shape index (κ1) is 15.3. The summed E-state index contributed by atoms with van der Waals surface area (Å²) in [5.74, 6) is -0.289. The van der Waals surface area contributed by atoms with Crippen LogP contribution in [0.2, 0.25) is 0 Å². The molecule has 6 heteroatoms. The van der Waals surface area contributed by atoms with Gasteiger partial charge in [-0.05, 0) is 35.2 Å². The topological polar surface area (TPSA) is 29.1 Å². The molecule has 110 valence electrons. The molecule has 0 bridgehead atoms. The molecule has 0 aliphatic rings. The van der Waals surface area contributed by atoms with Crippen molar-refractivity contribution in [3.63, 3.8) is 0 Å². The summed E-state index contributed by atoms with van der Waals surface area (Å²) in [6, 6.07) is 8.43. The normalized spacial score (nSPS) is 11.8. The maximum atomic E-state index is 12.4. The molecule has 21 heavy (non-hydrogen) atoms. The van der Waals surface area contributed by atoms with E-state index < -0.39 is 11.7 Å². The average Bonchev–Trinajstić information content (AvgIpc) is 2.95. The van der Waals surface area contributed by atoms with Crippen LogP contribution in [0.3, 0.4) is 0 Å². The van der Waals surface area contributed by atoms with Crippen LogP contribution in [0.4, 0.5) is 13.2 Å². The van der Waals surface area contributed by atoms with Crippen molar-refractivity contribution in [2.75, 3.05) is 0 Å². The molecule has 1 heterocycles. The minimum atomic E-state index is -4.35. The second kappa shape index (κ2) is 6.58. The Hall–Kier alpha value is -2.08. The SMILES string of the molecule is O=C(/C=C/c1ccc(C(F)(F)F)cc1)NCc1cccs1. The molecule has 0 radical (unpaired) electrons. The van der Waals surface area contributed by atoms with Crippen molar-refractivity contribution < 1.29 is 18.0 Å². The molecular formula is C15H12F3NOS. The molecule has 0 spiro atoms. The standard InChI is InChI=1S/C15H12F3NOS/c16-15(17,18)12-6-3-11(4-7-12)5-8-14(20)19-10-13-2-1-9-21-13/h1-9H,10H2,(H,19,20)/b8-5+. The van der Waals surface area contributed by atoms with Crippen LogP contribution < -0.4 is 5.32 Å². The summed E-state index contributed by atoms with van der Waals surface area (Å²) in [4.78, 5) is 12.6. The predicted molar refractivity (Wildman–Crippen MR) is 76.6 cm³/mol. The maximum Gasteiger partial charge on any atom is 0.416 e. The Kier molecular flexibility index (Phi) is 4.80. The van der Waals surface area contributed by atoms with Gasteiger partial charge in [0.25, 0.3) is 0 Å². The van der Waals surface area contributed by atoms with Crippen molar-refractivity contribution >= 4 is 23.3 Å².